The van der Waals surface area contributed by atoms with E-state index >= 15 is 0 Å². The molecule has 1 N–H and O–H groups in total. The number of benzene rings is 1. The van der Waals surface area contributed by atoms with Gasteiger partial charge in [-0.25, -0.2) is 4.98 Å². The Morgan fingerprint density at radius 1 is 1.35 bits per heavy atom. The van der Waals surface area contributed by atoms with Crippen LogP contribution < -0.4 is 4.74 Å². The quantitative estimate of drug-likeness (QED) is 0.709. The van der Waals surface area contributed by atoms with E-state index in [1.807, 2.05) is 48.3 Å². The molecule has 2 atom stereocenters. The molecule has 2 aromatic rings. The fraction of sp³-hybridized carbons (Fsp3) is 0.400. The minimum Gasteiger partial charge on any atom is -0.487 e. The van der Waals surface area contributed by atoms with Crippen LogP contribution in [0.4, 0.5) is 0 Å². The first-order chi connectivity index (χ1) is 12.6. The van der Waals surface area contributed by atoms with Crippen LogP contribution >= 0.6 is 23.4 Å². The first-order valence-electron chi connectivity index (χ1n) is 8.87. The maximum atomic E-state index is 11.0. The number of hydrogen-bond donors (Lipinski definition) is 1. The largest absolute Gasteiger partial charge is 0.487 e. The van der Waals surface area contributed by atoms with Crippen molar-refractivity contribution < 1.29 is 14.6 Å². The van der Waals surface area contributed by atoms with Gasteiger partial charge in [-0.05, 0) is 48.9 Å². The lowest BCUT2D eigenvalue weighted by atomic mass is 10.0. The van der Waals surface area contributed by atoms with E-state index in [0.717, 1.165) is 16.2 Å². The van der Waals surface area contributed by atoms with E-state index in [-0.39, 0.29) is 11.8 Å². The molecule has 0 saturated heterocycles. The summed E-state index contributed by atoms with van der Waals surface area (Å²) in [6, 6.07) is 9.55. The lowest BCUT2D eigenvalue weighted by Gasteiger charge is -2.24. The summed E-state index contributed by atoms with van der Waals surface area (Å²) >= 11 is 8.19. The summed E-state index contributed by atoms with van der Waals surface area (Å²) in [5.74, 6) is -0.326. The smallest absolute Gasteiger partial charge is 0.307 e. The molecular formula is C20H20ClNO3S. The zero-order valence-electron chi connectivity index (χ0n) is 14.2. The highest BCUT2D eigenvalue weighted by Gasteiger charge is 2.44. The average molecular weight is 390 g/mol. The molecule has 26 heavy (non-hydrogen) atoms. The number of carboxylic acid groups (broad SMARTS) is 1. The third-order valence-electron chi connectivity index (χ3n) is 5.06. The average Bonchev–Trinajstić information content (AvgIpc) is 3.39. The van der Waals surface area contributed by atoms with Crippen molar-refractivity contribution in [2.45, 2.75) is 48.5 Å². The summed E-state index contributed by atoms with van der Waals surface area (Å²) in [4.78, 5) is 15.5. The van der Waals surface area contributed by atoms with Gasteiger partial charge in [0.15, 0.2) is 0 Å². The predicted octanol–water partition coefficient (Wildman–Crippen LogP) is 5.15. The Kier molecular flexibility index (Phi) is 5.09. The number of nitrogens with zero attached hydrogens (tertiary/aromatic N) is 1. The number of carboxylic acids is 1. The number of ether oxygens (including phenoxy) is 1. The predicted molar refractivity (Wildman–Crippen MR) is 102 cm³/mol. The van der Waals surface area contributed by atoms with Crippen molar-refractivity contribution >= 4 is 29.3 Å². The first kappa shape index (κ1) is 17.7. The molecule has 1 heterocycles. The number of aliphatic carboxylic acids is 1. The molecule has 4 rings (SSSR count). The zero-order valence-corrected chi connectivity index (χ0v) is 15.8. The normalized spacial score (nSPS) is 21.9. The molecule has 1 aromatic heterocycles. The van der Waals surface area contributed by atoms with Crippen LogP contribution in [0.2, 0.25) is 5.02 Å². The minimum atomic E-state index is -0.737. The number of thioether (sulfide) groups is 1. The van der Waals surface area contributed by atoms with Gasteiger partial charge >= 0.3 is 5.97 Å². The van der Waals surface area contributed by atoms with Crippen LogP contribution in [-0.4, -0.2) is 21.3 Å². The van der Waals surface area contributed by atoms with Gasteiger partial charge in [0.1, 0.15) is 17.4 Å². The van der Waals surface area contributed by atoms with Crippen LogP contribution in [0.25, 0.3) is 0 Å². The topological polar surface area (TPSA) is 59.4 Å². The summed E-state index contributed by atoms with van der Waals surface area (Å²) in [6.07, 6.45) is 6.33. The van der Waals surface area contributed by atoms with Gasteiger partial charge in [0.2, 0.25) is 0 Å². The van der Waals surface area contributed by atoms with Crippen molar-refractivity contribution in [3.8, 4) is 5.75 Å². The molecule has 1 aromatic carbocycles. The number of pyridine rings is 1. The molecule has 2 aliphatic carbocycles. The van der Waals surface area contributed by atoms with E-state index in [1.165, 1.54) is 19.3 Å². The summed E-state index contributed by atoms with van der Waals surface area (Å²) in [5, 5.41) is 11.3. The molecule has 0 radical (unpaired) electrons. The number of aromatic nitrogens is 1. The lowest BCUT2D eigenvalue weighted by Crippen LogP contribution is -2.13. The van der Waals surface area contributed by atoms with Crippen molar-refractivity contribution in [2.24, 2.45) is 5.92 Å². The van der Waals surface area contributed by atoms with Gasteiger partial charge in [0.05, 0.1) is 10.9 Å². The molecule has 1 unspecified atom stereocenters. The van der Waals surface area contributed by atoms with E-state index in [2.05, 4.69) is 4.98 Å². The Hall–Kier alpha value is -1.72. The minimum absolute atomic E-state index is 0.0721. The Balaban J connectivity index is 1.41. The highest BCUT2D eigenvalue weighted by molar-refractivity contribution is 8.00. The second-order valence-corrected chi connectivity index (χ2v) is 8.60. The van der Waals surface area contributed by atoms with E-state index in [0.29, 0.717) is 29.0 Å². The third-order valence-corrected chi connectivity index (χ3v) is 6.75. The van der Waals surface area contributed by atoms with Gasteiger partial charge in [-0.15, -0.1) is 11.8 Å². The number of hydrogen-bond acceptors (Lipinski definition) is 4. The number of halogens is 1. The third kappa shape index (κ3) is 3.84. The SMILES string of the molecule is O=C(O)C1C[C@H]1c1ccc(OCc2cccnc2SC2CCC2)c(Cl)c1. The van der Waals surface area contributed by atoms with Gasteiger partial charge in [-0.1, -0.05) is 30.2 Å². The van der Waals surface area contributed by atoms with Crippen LogP contribution in [0.15, 0.2) is 41.6 Å². The monoisotopic (exact) mass is 389 g/mol. The standard InChI is InChI=1S/C20H20ClNO3S/c21-17-9-12(15-10-16(15)20(23)24)6-7-18(17)25-11-13-3-2-8-22-19(13)26-14-4-1-5-14/h2-3,6-9,14-16H,1,4-5,10-11H2,(H,23,24)/t15-,16?/m0/s1. The Bertz CT molecular complexity index is 824. The summed E-state index contributed by atoms with van der Waals surface area (Å²) in [6.45, 7) is 0.420. The van der Waals surface area contributed by atoms with E-state index in [1.54, 1.807) is 0 Å². The van der Waals surface area contributed by atoms with Gasteiger partial charge in [-0.3, -0.25) is 4.79 Å². The second kappa shape index (κ2) is 7.49. The molecule has 0 spiro atoms. The molecule has 0 amide bonds. The molecular weight excluding hydrogens is 370 g/mol. The van der Waals surface area contributed by atoms with E-state index in [4.69, 9.17) is 21.4 Å². The Labute approximate surface area is 161 Å². The maximum Gasteiger partial charge on any atom is 0.307 e. The summed E-state index contributed by atoms with van der Waals surface area (Å²) < 4.78 is 5.92. The number of rotatable bonds is 7. The fourth-order valence-electron chi connectivity index (χ4n) is 3.14. The van der Waals surface area contributed by atoms with Crippen LogP contribution in [0.3, 0.4) is 0 Å². The van der Waals surface area contributed by atoms with Crippen LogP contribution in [0, 0.1) is 5.92 Å². The first-order valence-corrected chi connectivity index (χ1v) is 10.1. The fourth-order valence-corrected chi connectivity index (χ4v) is 4.67. The Morgan fingerprint density at radius 3 is 2.85 bits per heavy atom. The zero-order chi connectivity index (χ0) is 18.1. The van der Waals surface area contributed by atoms with Gasteiger partial charge < -0.3 is 9.84 Å². The molecule has 2 saturated carbocycles. The van der Waals surface area contributed by atoms with E-state index in [9.17, 15) is 4.79 Å². The molecule has 2 aliphatic rings. The van der Waals surface area contributed by atoms with Crippen molar-refractivity contribution in [3.05, 3.63) is 52.7 Å². The van der Waals surface area contributed by atoms with Crippen LogP contribution in [0.5, 0.6) is 5.75 Å². The molecule has 6 heteroatoms. The number of carbonyl (C=O) groups is 1. The van der Waals surface area contributed by atoms with Crippen molar-refractivity contribution in [3.63, 3.8) is 0 Å². The van der Waals surface area contributed by atoms with Crippen molar-refractivity contribution in [1.82, 2.24) is 4.98 Å². The van der Waals surface area contributed by atoms with Crippen molar-refractivity contribution in [2.75, 3.05) is 0 Å². The van der Waals surface area contributed by atoms with Crippen LogP contribution in [-0.2, 0) is 11.4 Å². The lowest BCUT2D eigenvalue weighted by molar-refractivity contribution is -0.138. The highest BCUT2D eigenvalue weighted by atomic mass is 35.5. The van der Waals surface area contributed by atoms with Gasteiger partial charge in [-0.2, -0.15) is 0 Å². The van der Waals surface area contributed by atoms with Crippen molar-refractivity contribution in [1.29, 1.82) is 0 Å². The summed E-state index contributed by atoms with van der Waals surface area (Å²) in [7, 11) is 0. The molecule has 0 aliphatic heterocycles. The Morgan fingerprint density at radius 2 is 2.19 bits per heavy atom. The molecule has 4 nitrogen and oxygen atoms in total. The van der Waals surface area contributed by atoms with Gasteiger partial charge in [0, 0.05) is 17.0 Å². The van der Waals surface area contributed by atoms with Gasteiger partial charge in [0.25, 0.3) is 0 Å². The second-order valence-electron chi connectivity index (χ2n) is 6.90. The highest BCUT2D eigenvalue weighted by Crippen LogP contribution is 2.48. The van der Waals surface area contributed by atoms with Crippen LogP contribution in [0.1, 0.15) is 42.7 Å². The maximum absolute atomic E-state index is 11.0. The summed E-state index contributed by atoms with van der Waals surface area (Å²) in [5.41, 5.74) is 2.04. The molecule has 0 bridgehead atoms. The molecule has 2 fully saturated rings. The van der Waals surface area contributed by atoms with E-state index < -0.39 is 5.97 Å². The molecule has 136 valence electrons.